The first-order valence-electron chi connectivity index (χ1n) is 17.0. The fourth-order valence-corrected chi connectivity index (χ4v) is 5.12. The molecule has 1 amide bonds. The maximum atomic E-state index is 12.2. The van der Waals surface area contributed by atoms with Gasteiger partial charge in [0.15, 0.2) is 0 Å². The van der Waals surface area contributed by atoms with Crippen molar-refractivity contribution in [3.05, 3.63) is 0 Å². The van der Waals surface area contributed by atoms with Crippen LogP contribution in [0.2, 0.25) is 0 Å². The summed E-state index contributed by atoms with van der Waals surface area (Å²) in [5.41, 5.74) is 0. The third-order valence-corrected chi connectivity index (χ3v) is 7.73. The molecule has 0 spiro atoms. The Hall–Kier alpha value is 0.970. The fraction of sp³-hybridized carbons (Fsp3) is 0.938. The summed E-state index contributed by atoms with van der Waals surface area (Å²) in [6, 6.07) is 0. The fourth-order valence-electron chi connectivity index (χ4n) is 4.77. The topological polar surface area (TPSA) is 146 Å². The van der Waals surface area contributed by atoms with Crippen LogP contribution in [0.3, 0.4) is 0 Å². The monoisotopic (exact) mass is 681 g/mol. The molecule has 0 aliphatic rings. The third-order valence-electron chi connectivity index (χ3n) is 7.26. The number of esters is 1. The molecular formula is C32H62NNa2O9P. The first kappa shape index (κ1) is 50.3. The number of nitrogens with one attached hydrogen (secondary N) is 1. The van der Waals surface area contributed by atoms with E-state index in [0.29, 0.717) is 13.0 Å². The number of phosphoric ester groups is 1. The van der Waals surface area contributed by atoms with Crippen LogP contribution in [0, 0.1) is 0 Å². The van der Waals surface area contributed by atoms with Gasteiger partial charge in [-0.05, 0) is 19.3 Å². The molecule has 256 valence electrons. The number of amides is 1. The summed E-state index contributed by atoms with van der Waals surface area (Å²) in [6.45, 7) is 4.40. The van der Waals surface area contributed by atoms with Crippen molar-refractivity contribution in [1.82, 2.24) is 5.32 Å². The van der Waals surface area contributed by atoms with E-state index in [-0.39, 0.29) is 84.8 Å². The molecule has 10 nitrogen and oxygen atoms in total. The van der Waals surface area contributed by atoms with E-state index in [1.165, 1.54) is 83.5 Å². The molecule has 0 radical (unpaired) electrons. The maximum absolute atomic E-state index is 12.2. The van der Waals surface area contributed by atoms with Crippen molar-refractivity contribution < 1.29 is 102 Å². The van der Waals surface area contributed by atoms with Crippen molar-refractivity contribution >= 4 is 19.7 Å². The van der Waals surface area contributed by atoms with Crippen LogP contribution in [0.5, 0.6) is 0 Å². The van der Waals surface area contributed by atoms with Crippen LogP contribution in [0.4, 0.5) is 0 Å². The van der Waals surface area contributed by atoms with Crippen LogP contribution in [0.25, 0.3) is 0 Å². The van der Waals surface area contributed by atoms with Gasteiger partial charge in [-0.15, -0.1) is 0 Å². The van der Waals surface area contributed by atoms with E-state index in [1.807, 2.05) is 0 Å². The molecule has 13 heteroatoms. The Balaban J connectivity index is -0.00000882. The van der Waals surface area contributed by atoms with Gasteiger partial charge in [-0.1, -0.05) is 122 Å². The van der Waals surface area contributed by atoms with E-state index in [9.17, 15) is 23.9 Å². The second-order valence-electron chi connectivity index (χ2n) is 11.6. The molecule has 0 heterocycles. The average molecular weight is 682 g/mol. The molecule has 0 aromatic carbocycles. The minimum Gasteiger partial charge on any atom is -0.790 e. The van der Waals surface area contributed by atoms with E-state index in [1.54, 1.807) is 6.92 Å². The van der Waals surface area contributed by atoms with Crippen molar-refractivity contribution in [1.29, 1.82) is 0 Å². The predicted molar refractivity (Wildman–Crippen MR) is 166 cm³/mol. The van der Waals surface area contributed by atoms with Gasteiger partial charge in [0.25, 0.3) is 0 Å². The average Bonchev–Trinajstić information content (AvgIpc) is 2.95. The van der Waals surface area contributed by atoms with Gasteiger partial charge >= 0.3 is 65.1 Å². The maximum Gasteiger partial charge on any atom is 1.00 e. The normalized spacial score (nSPS) is 11.8. The molecule has 0 unspecified atom stereocenters. The summed E-state index contributed by atoms with van der Waals surface area (Å²) in [4.78, 5) is 44.8. The van der Waals surface area contributed by atoms with Gasteiger partial charge in [0.2, 0.25) is 5.91 Å². The van der Waals surface area contributed by atoms with Crippen molar-refractivity contribution in [2.75, 3.05) is 33.2 Å². The van der Waals surface area contributed by atoms with Crippen molar-refractivity contribution in [3.63, 3.8) is 0 Å². The van der Waals surface area contributed by atoms with Gasteiger partial charge < -0.3 is 38.4 Å². The summed E-state index contributed by atoms with van der Waals surface area (Å²) < 4.78 is 31.4. The molecule has 1 N–H and O–H groups in total. The summed E-state index contributed by atoms with van der Waals surface area (Å²) in [5.74, 6) is -0.418. The standard InChI is InChI=1S/C32H64NO9P.2Na/c1-3-4-5-6-7-8-9-12-15-18-21-24-32(35)42-31(28-41-43(36,37)38)27-40-29-39-26-23-20-17-14-11-10-13-16-19-22-25-33-30(2)34;;/h31H,3-29H2,1-2H3,(H,33,34)(H2,36,37,38);;/q;2*+1/p-2/t31-;;/m0../s1. The van der Waals surface area contributed by atoms with E-state index >= 15 is 0 Å². The first-order valence-corrected chi connectivity index (χ1v) is 18.5. The van der Waals surface area contributed by atoms with Gasteiger partial charge in [-0.25, -0.2) is 0 Å². The second-order valence-corrected chi connectivity index (χ2v) is 12.7. The Morgan fingerprint density at radius 2 is 1.13 bits per heavy atom. The first-order chi connectivity index (χ1) is 20.7. The SMILES string of the molecule is CCCCCCCCCCCCCC(=O)O[C@@H](COCOCCCCCCCCCCCCNC(C)=O)COP(=O)([O-])[O-].[Na+].[Na+]. The molecule has 1 atom stereocenters. The minimum absolute atomic E-state index is 0. The zero-order valence-corrected chi connectivity index (χ0v) is 34.2. The Morgan fingerprint density at radius 1 is 0.667 bits per heavy atom. The molecule has 0 fully saturated rings. The zero-order valence-electron chi connectivity index (χ0n) is 29.3. The molecule has 0 aromatic heterocycles. The Labute approximate surface area is 318 Å². The van der Waals surface area contributed by atoms with Crippen LogP contribution in [0.15, 0.2) is 0 Å². The van der Waals surface area contributed by atoms with Crippen molar-refractivity contribution in [3.8, 4) is 0 Å². The Kier molecular flexibility index (Phi) is 42.3. The van der Waals surface area contributed by atoms with E-state index in [4.69, 9.17) is 14.2 Å². The predicted octanol–water partition coefficient (Wildman–Crippen LogP) is 0.480. The van der Waals surface area contributed by atoms with Crippen LogP contribution in [-0.2, 0) is 32.9 Å². The van der Waals surface area contributed by atoms with Crippen molar-refractivity contribution in [2.45, 2.75) is 161 Å². The van der Waals surface area contributed by atoms with Gasteiger partial charge in [0.05, 0.1) is 21.0 Å². The Bertz CT molecular complexity index is 702. The largest absolute Gasteiger partial charge is 1.00 e. The number of hydrogen-bond donors (Lipinski definition) is 1. The molecule has 0 aromatic rings. The van der Waals surface area contributed by atoms with Crippen LogP contribution >= 0.6 is 7.82 Å². The number of ether oxygens (including phenoxy) is 3. The molecule has 0 saturated heterocycles. The number of rotatable bonds is 33. The Morgan fingerprint density at radius 3 is 1.62 bits per heavy atom. The van der Waals surface area contributed by atoms with E-state index in [2.05, 4.69) is 16.8 Å². The molecule has 0 bridgehead atoms. The summed E-state index contributed by atoms with van der Waals surface area (Å²) in [5, 5.41) is 2.82. The van der Waals surface area contributed by atoms with E-state index < -0.39 is 26.5 Å². The van der Waals surface area contributed by atoms with Gasteiger partial charge in [0, 0.05) is 26.5 Å². The number of carbonyl (C=O) groups is 2. The second kappa shape index (κ2) is 37.8. The molecule has 0 rings (SSSR count). The number of carbonyl (C=O) groups excluding carboxylic acids is 2. The molecule has 0 aliphatic carbocycles. The smallest absolute Gasteiger partial charge is 0.790 e. The summed E-state index contributed by atoms with van der Waals surface area (Å²) in [6.07, 6.45) is 23.7. The number of unbranched alkanes of at least 4 members (excludes halogenated alkanes) is 19. The van der Waals surface area contributed by atoms with Crippen LogP contribution in [-0.4, -0.2) is 51.1 Å². The summed E-state index contributed by atoms with van der Waals surface area (Å²) >= 11 is 0. The summed E-state index contributed by atoms with van der Waals surface area (Å²) in [7, 11) is -5.18. The van der Waals surface area contributed by atoms with Crippen LogP contribution < -0.4 is 74.2 Å². The van der Waals surface area contributed by atoms with Gasteiger partial charge in [0.1, 0.15) is 12.9 Å². The quantitative estimate of drug-likeness (QED) is 0.0344. The molecule has 0 saturated carbocycles. The van der Waals surface area contributed by atoms with Crippen molar-refractivity contribution in [2.24, 2.45) is 0 Å². The number of phosphoric acid groups is 1. The van der Waals surface area contributed by atoms with E-state index in [0.717, 1.165) is 51.5 Å². The zero-order chi connectivity index (χ0) is 31.9. The van der Waals surface area contributed by atoms with Crippen LogP contribution in [0.1, 0.15) is 155 Å². The number of hydrogen-bond acceptors (Lipinski definition) is 9. The molecule has 0 aliphatic heterocycles. The van der Waals surface area contributed by atoms with Gasteiger partial charge in [-0.2, -0.15) is 0 Å². The van der Waals surface area contributed by atoms with Gasteiger partial charge in [-0.3, -0.25) is 9.59 Å². The third kappa shape index (κ3) is 42.9. The molecule has 45 heavy (non-hydrogen) atoms. The molecular weight excluding hydrogens is 619 g/mol. The minimum atomic E-state index is -5.18.